The predicted molar refractivity (Wildman–Crippen MR) is 76.7 cm³/mol. The molecule has 0 bridgehead atoms. The van der Waals surface area contributed by atoms with Crippen molar-refractivity contribution in [2.45, 2.75) is 52.0 Å². The average molecular weight is 248 g/mol. The molecule has 0 aliphatic rings. The first-order valence-corrected chi connectivity index (χ1v) is 6.68. The molecule has 0 saturated carbocycles. The number of hydrogen-bond acceptors (Lipinski definition) is 2. The second kappa shape index (κ2) is 7.17. The fraction of sp³-hybridized carbons (Fsp3) is 0.533. The molecule has 3 nitrogen and oxygen atoms in total. The lowest BCUT2D eigenvalue weighted by Crippen LogP contribution is -2.19. The zero-order valence-electron chi connectivity index (χ0n) is 11.6. The molecule has 1 amide bonds. The second-order valence-corrected chi connectivity index (χ2v) is 5.00. The molecular weight excluding hydrogens is 224 g/mol. The van der Waals surface area contributed by atoms with E-state index in [9.17, 15) is 4.79 Å². The van der Waals surface area contributed by atoms with E-state index in [1.165, 1.54) is 5.56 Å². The van der Waals surface area contributed by atoms with Gasteiger partial charge in [-0.2, -0.15) is 0 Å². The minimum atomic E-state index is 0.0311. The molecule has 100 valence electrons. The van der Waals surface area contributed by atoms with Gasteiger partial charge in [0.25, 0.3) is 0 Å². The summed E-state index contributed by atoms with van der Waals surface area (Å²) in [6.45, 7) is 6.29. The standard InChI is InChI=1S/C15H24N2O/c1-4-11(2)13-6-8-14(9-7-13)17-15(18)10-5-12(3)16/h6-9,11-12H,4-5,10,16H2,1-3H3,(H,17,18). The maximum atomic E-state index is 11.6. The van der Waals surface area contributed by atoms with Crippen molar-refractivity contribution < 1.29 is 4.79 Å². The zero-order valence-corrected chi connectivity index (χ0v) is 11.6. The van der Waals surface area contributed by atoms with Gasteiger partial charge in [-0.3, -0.25) is 4.79 Å². The van der Waals surface area contributed by atoms with Crippen LogP contribution in [0.25, 0.3) is 0 Å². The van der Waals surface area contributed by atoms with Gasteiger partial charge in [0.2, 0.25) is 5.91 Å². The summed E-state index contributed by atoms with van der Waals surface area (Å²) >= 11 is 0. The van der Waals surface area contributed by atoms with E-state index in [4.69, 9.17) is 5.73 Å². The molecule has 0 radical (unpaired) electrons. The molecule has 0 aromatic heterocycles. The number of nitrogens with two attached hydrogens (primary N) is 1. The van der Waals surface area contributed by atoms with E-state index in [1.54, 1.807) is 0 Å². The van der Waals surface area contributed by atoms with E-state index in [-0.39, 0.29) is 11.9 Å². The molecule has 3 heteroatoms. The molecule has 1 aromatic rings. The van der Waals surface area contributed by atoms with E-state index in [1.807, 2.05) is 19.1 Å². The molecule has 1 aromatic carbocycles. The molecule has 0 spiro atoms. The fourth-order valence-corrected chi connectivity index (χ4v) is 1.71. The second-order valence-electron chi connectivity index (χ2n) is 5.00. The van der Waals surface area contributed by atoms with E-state index in [2.05, 4.69) is 31.3 Å². The van der Waals surface area contributed by atoms with Gasteiger partial charge in [-0.15, -0.1) is 0 Å². The number of carbonyl (C=O) groups is 1. The maximum absolute atomic E-state index is 11.6. The molecule has 0 heterocycles. The Morgan fingerprint density at radius 2 is 1.89 bits per heavy atom. The van der Waals surface area contributed by atoms with Crippen LogP contribution in [-0.2, 0) is 4.79 Å². The van der Waals surface area contributed by atoms with Crippen molar-refractivity contribution in [3.8, 4) is 0 Å². The summed E-state index contributed by atoms with van der Waals surface area (Å²) in [5.41, 5.74) is 7.79. The Labute approximate surface area is 110 Å². The van der Waals surface area contributed by atoms with Gasteiger partial charge in [-0.1, -0.05) is 26.0 Å². The van der Waals surface area contributed by atoms with E-state index in [0.29, 0.717) is 12.3 Å². The van der Waals surface area contributed by atoms with Crippen LogP contribution >= 0.6 is 0 Å². The van der Waals surface area contributed by atoms with Gasteiger partial charge in [-0.05, 0) is 43.4 Å². The number of benzene rings is 1. The van der Waals surface area contributed by atoms with E-state index < -0.39 is 0 Å². The van der Waals surface area contributed by atoms with Crippen LogP contribution in [0.4, 0.5) is 5.69 Å². The summed E-state index contributed by atoms with van der Waals surface area (Å²) in [7, 11) is 0. The van der Waals surface area contributed by atoms with Crippen LogP contribution in [0.5, 0.6) is 0 Å². The zero-order chi connectivity index (χ0) is 13.5. The van der Waals surface area contributed by atoms with Gasteiger partial charge in [-0.25, -0.2) is 0 Å². The summed E-state index contributed by atoms with van der Waals surface area (Å²) in [4.78, 5) is 11.6. The first-order valence-electron chi connectivity index (χ1n) is 6.68. The first-order chi connectivity index (χ1) is 8.52. The van der Waals surface area contributed by atoms with Crippen molar-refractivity contribution in [3.05, 3.63) is 29.8 Å². The SMILES string of the molecule is CCC(C)c1ccc(NC(=O)CCC(C)N)cc1. The molecule has 0 saturated heterocycles. The Morgan fingerprint density at radius 3 is 2.39 bits per heavy atom. The summed E-state index contributed by atoms with van der Waals surface area (Å²) in [6, 6.07) is 8.16. The maximum Gasteiger partial charge on any atom is 0.224 e. The number of anilines is 1. The number of amides is 1. The molecule has 0 aliphatic carbocycles. The Morgan fingerprint density at radius 1 is 1.28 bits per heavy atom. The molecule has 0 aliphatic heterocycles. The van der Waals surface area contributed by atoms with Crippen molar-refractivity contribution in [3.63, 3.8) is 0 Å². The summed E-state index contributed by atoms with van der Waals surface area (Å²) in [6.07, 6.45) is 2.32. The Bertz CT molecular complexity index is 371. The lowest BCUT2D eigenvalue weighted by atomic mass is 9.98. The minimum absolute atomic E-state index is 0.0311. The third kappa shape index (κ3) is 4.88. The third-order valence-electron chi connectivity index (χ3n) is 3.20. The lowest BCUT2D eigenvalue weighted by molar-refractivity contribution is -0.116. The fourth-order valence-electron chi connectivity index (χ4n) is 1.71. The highest BCUT2D eigenvalue weighted by Crippen LogP contribution is 2.20. The van der Waals surface area contributed by atoms with Crippen LogP contribution in [0.3, 0.4) is 0 Å². The number of carbonyl (C=O) groups excluding carboxylic acids is 1. The largest absolute Gasteiger partial charge is 0.328 e. The summed E-state index contributed by atoms with van der Waals surface area (Å²) in [5.74, 6) is 0.594. The number of rotatable bonds is 6. The van der Waals surface area contributed by atoms with Crippen molar-refractivity contribution in [1.82, 2.24) is 0 Å². The normalized spacial score (nSPS) is 14.0. The summed E-state index contributed by atoms with van der Waals surface area (Å²) < 4.78 is 0. The third-order valence-corrected chi connectivity index (χ3v) is 3.20. The quantitative estimate of drug-likeness (QED) is 0.811. The van der Waals surface area contributed by atoms with E-state index in [0.717, 1.165) is 18.5 Å². The van der Waals surface area contributed by atoms with Gasteiger partial charge in [0, 0.05) is 18.2 Å². The van der Waals surface area contributed by atoms with Crippen LogP contribution in [-0.4, -0.2) is 11.9 Å². The van der Waals surface area contributed by atoms with Gasteiger partial charge in [0.15, 0.2) is 0 Å². The van der Waals surface area contributed by atoms with Crippen molar-refractivity contribution in [1.29, 1.82) is 0 Å². The molecule has 2 unspecified atom stereocenters. The average Bonchev–Trinajstić information content (AvgIpc) is 2.36. The highest BCUT2D eigenvalue weighted by Gasteiger charge is 2.05. The van der Waals surface area contributed by atoms with Crippen molar-refractivity contribution in [2.24, 2.45) is 5.73 Å². The Kier molecular flexibility index (Phi) is 5.86. The van der Waals surface area contributed by atoms with Gasteiger partial charge < -0.3 is 11.1 Å². The van der Waals surface area contributed by atoms with Gasteiger partial charge in [0.05, 0.1) is 0 Å². The van der Waals surface area contributed by atoms with Crippen LogP contribution < -0.4 is 11.1 Å². The first kappa shape index (κ1) is 14.7. The molecule has 0 fully saturated rings. The monoisotopic (exact) mass is 248 g/mol. The predicted octanol–water partition coefficient (Wildman–Crippen LogP) is 3.27. The lowest BCUT2D eigenvalue weighted by Gasteiger charge is -2.11. The highest BCUT2D eigenvalue weighted by molar-refractivity contribution is 5.90. The minimum Gasteiger partial charge on any atom is -0.328 e. The number of nitrogens with one attached hydrogen (secondary N) is 1. The molecule has 3 N–H and O–H groups in total. The Hall–Kier alpha value is -1.35. The molecule has 18 heavy (non-hydrogen) atoms. The summed E-state index contributed by atoms with van der Waals surface area (Å²) in [5, 5.41) is 2.89. The van der Waals surface area contributed by atoms with Gasteiger partial charge in [0.1, 0.15) is 0 Å². The van der Waals surface area contributed by atoms with Crippen molar-refractivity contribution in [2.75, 3.05) is 5.32 Å². The highest BCUT2D eigenvalue weighted by atomic mass is 16.1. The van der Waals surface area contributed by atoms with Crippen LogP contribution in [0.15, 0.2) is 24.3 Å². The Balaban J connectivity index is 2.50. The van der Waals surface area contributed by atoms with Gasteiger partial charge >= 0.3 is 0 Å². The van der Waals surface area contributed by atoms with Crippen LogP contribution in [0.1, 0.15) is 51.5 Å². The smallest absolute Gasteiger partial charge is 0.224 e. The topological polar surface area (TPSA) is 55.1 Å². The molecule has 1 rings (SSSR count). The molecular formula is C15H24N2O. The van der Waals surface area contributed by atoms with Crippen LogP contribution in [0.2, 0.25) is 0 Å². The van der Waals surface area contributed by atoms with Crippen molar-refractivity contribution >= 4 is 11.6 Å². The van der Waals surface area contributed by atoms with E-state index >= 15 is 0 Å². The van der Waals surface area contributed by atoms with Crippen LogP contribution in [0, 0.1) is 0 Å². The molecule has 2 atom stereocenters. The number of hydrogen-bond donors (Lipinski definition) is 2.